The van der Waals surface area contributed by atoms with E-state index >= 15 is 0 Å². The largest absolute Gasteiger partial charge is 0.497 e. The number of thiazole rings is 1. The van der Waals surface area contributed by atoms with Crippen molar-refractivity contribution in [2.45, 2.75) is 12.5 Å². The lowest BCUT2D eigenvalue weighted by atomic mass is 10.0. The van der Waals surface area contributed by atoms with Crippen LogP contribution in [0.3, 0.4) is 0 Å². The molecule has 158 valence electrons. The SMILES string of the molecule is COC(=O)CC(NC(=O)c1cnc(-c2cnn(C)c2)s1)c1ccc(OC)cc1OC. The van der Waals surface area contributed by atoms with E-state index in [-0.39, 0.29) is 12.3 Å². The van der Waals surface area contributed by atoms with Crippen molar-refractivity contribution in [3.8, 4) is 22.1 Å². The molecule has 0 radical (unpaired) electrons. The third-order valence-corrected chi connectivity index (χ3v) is 5.45. The van der Waals surface area contributed by atoms with E-state index in [1.54, 1.807) is 36.2 Å². The second kappa shape index (κ2) is 9.40. The molecule has 2 aromatic heterocycles. The van der Waals surface area contributed by atoms with Crippen molar-refractivity contribution in [3.63, 3.8) is 0 Å². The van der Waals surface area contributed by atoms with Crippen molar-refractivity contribution in [2.24, 2.45) is 7.05 Å². The lowest BCUT2D eigenvalue weighted by Crippen LogP contribution is -2.30. The average molecular weight is 430 g/mol. The number of methoxy groups -OCH3 is 3. The van der Waals surface area contributed by atoms with Gasteiger partial charge in [0.1, 0.15) is 21.4 Å². The van der Waals surface area contributed by atoms with E-state index in [1.807, 2.05) is 13.2 Å². The fraction of sp³-hybridized carbons (Fsp3) is 0.300. The van der Waals surface area contributed by atoms with Crippen molar-refractivity contribution in [3.05, 3.63) is 47.2 Å². The molecule has 1 aromatic carbocycles. The number of benzene rings is 1. The van der Waals surface area contributed by atoms with Crippen LogP contribution in [0.5, 0.6) is 11.5 Å². The summed E-state index contributed by atoms with van der Waals surface area (Å²) in [6, 6.07) is 4.52. The van der Waals surface area contributed by atoms with Gasteiger partial charge in [0.15, 0.2) is 0 Å². The van der Waals surface area contributed by atoms with Gasteiger partial charge in [-0.1, -0.05) is 0 Å². The highest BCUT2D eigenvalue weighted by molar-refractivity contribution is 7.16. The summed E-state index contributed by atoms with van der Waals surface area (Å²) in [5, 5.41) is 7.68. The molecule has 1 N–H and O–H groups in total. The lowest BCUT2D eigenvalue weighted by Gasteiger charge is -2.20. The van der Waals surface area contributed by atoms with E-state index in [0.29, 0.717) is 26.9 Å². The van der Waals surface area contributed by atoms with Gasteiger partial charge < -0.3 is 19.5 Å². The summed E-state index contributed by atoms with van der Waals surface area (Å²) in [6.07, 6.45) is 4.95. The average Bonchev–Trinajstić information content (AvgIpc) is 3.41. The summed E-state index contributed by atoms with van der Waals surface area (Å²) in [5.74, 6) is 0.277. The summed E-state index contributed by atoms with van der Waals surface area (Å²) in [5.41, 5.74) is 1.46. The Labute approximate surface area is 177 Å². The molecular formula is C20H22N4O5S. The molecule has 0 aliphatic rings. The fourth-order valence-corrected chi connectivity index (χ4v) is 3.66. The molecule has 0 saturated carbocycles. The van der Waals surface area contributed by atoms with E-state index in [0.717, 1.165) is 5.56 Å². The Morgan fingerprint density at radius 2 is 2.00 bits per heavy atom. The van der Waals surface area contributed by atoms with Crippen LogP contribution in [0.15, 0.2) is 36.8 Å². The second-order valence-electron chi connectivity index (χ2n) is 6.35. The predicted octanol–water partition coefficient (Wildman–Crippen LogP) is 2.60. The number of ether oxygens (including phenoxy) is 3. The van der Waals surface area contributed by atoms with Crippen LogP contribution in [0.1, 0.15) is 27.7 Å². The van der Waals surface area contributed by atoms with Crippen molar-refractivity contribution >= 4 is 23.2 Å². The van der Waals surface area contributed by atoms with Crippen LogP contribution in [0, 0.1) is 0 Å². The Kier molecular flexibility index (Phi) is 6.68. The van der Waals surface area contributed by atoms with Gasteiger partial charge in [-0.25, -0.2) is 4.98 Å². The van der Waals surface area contributed by atoms with Crippen molar-refractivity contribution < 1.29 is 23.8 Å². The first kappa shape index (κ1) is 21.3. The Morgan fingerprint density at radius 3 is 2.63 bits per heavy atom. The molecule has 10 heteroatoms. The van der Waals surface area contributed by atoms with Gasteiger partial charge in [0, 0.05) is 30.4 Å². The molecule has 3 rings (SSSR count). The van der Waals surface area contributed by atoms with Crippen LogP contribution in [-0.2, 0) is 16.6 Å². The molecule has 30 heavy (non-hydrogen) atoms. The molecule has 1 amide bonds. The number of carbonyl (C=O) groups excluding carboxylic acids is 2. The molecule has 0 spiro atoms. The monoisotopic (exact) mass is 430 g/mol. The van der Waals surface area contributed by atoms with Gasteiger partial charge in [-0.3, -0.25) is 14.3 Å². The first-order valence-corrected chi connectivity index (χ1v) is 9.81. The van der Waals surface area contributed by atoms with Gasteiger partial charge in [0.25, 0.3) is 5.91 Å². The van der Waals surface area contributed by atoms with Gasteiger partial charge in [-0.2, -0.15) is 5.10 Å². The summed E-state index contributed by atoms with van der Waals surface area (Å²) in [6.45, 7) is 0. The predicted molar refractivity (Wildman–Crippen MR) is 111 cm³/mol. The van der Waals surface area contributed by atoms with Gasteiger partial charge >= 0.3 is 5.97 Å². The summed E-state index contributed by atoms with van der Waals surface area (Å²) in [7, 11) is 6.17. The molecular weight excluding hydrogens is 408 g/mol. The molecule has 0 aliphatic heterocycles. The first-order valence-electron chi connectivity index (χ1n) is 8.99. The van der Waals surface area contributed by atoms with Gasteiger partial charge in [0.05, 0.1) is 46.2 Å². The van der Waals surface area contributed by atoms with Crippen molar-refractivity contribution in [2.75, 3.05) is 21.3 Å². The summed E-state index contributed by atoms with van der Waals surface area (Å²) < 4.78 is 17.1. The highest BCUT2D eigenvalue weighted by Gasteiger charge is 2.24. The minimum atomic E-state index is -0.658. The van der Waals surface area contributed by atoms with Gasteiger partial charge in [-0.15, -0.1) is 11.3 Å². The Morgan fingerprint density at radius 1 is 1.20 bits per heavy atom. The molecule has 1 unspecified atom stereocenters. The Bertz CT molecular complexity index is 1050. The van der Waals surface area contributed by atoms with E-state index in [4.69, 9.17) is 14.2 Å². The minimum absolute atomic E-state index is 0.0564. The molecule has 1 atom stereocenters. The van der Waals surface area contributed by atoms with Crippen LogP contribution in [0.2, 0.25) is 0 Å². The first-order chi connectivity index (χ1) is 14.4. The second-order valence-corrected chi connectivity index (χ2v) is 7.38. The quantitative estimate of drug-likeness (QED) is 0.548. The molecule has 3 aromatic rings. The molecule has 0 fully saturated rings. The van der Waals surface area contributed by atoms with Crippen LogP contribution in [-0.4, -0.2) is 48.0 Å². The number of amides is 1. The van der Waals surface area contributed by atoms with Crippen LogP contribution < -0.4 is 14.8 Å². The van der Waals surface area contributed by atoms with E-state index in [1.165, 1.54) is 31.8 Å². The van der Waals surface area contributed by atoms with Crippen molar-refractivity contribution in [1.82, 2.24) is 20.1 Å². The molecule has 0 aliphatic carbocycles. The number of rotatable bonds is 8. The van der Waals surface area contributed by atoms with Crippen molar-refractivity contribution in [1.29, 1.82) is 0 Å². The minimum Gasteiger partial charge on any atom is -0.497 e. The van der Waals surface area contributed by atoms with Crippen LogP contribution >= 0.6 is 11.3 Å². The van der Waals surface area contributed by atoms with Gasteiger partial charge in [0.2, 0.25) is 0 Å². The molecule has 9 nitrogen and oxygen atoms in total. The van der Waals surface area contributed by atoms with E-state index < -0.39 is 12.0 Å². The van der Waals surface area contributed by atoms with Gasteiger partial charge in [-0.05, 0) is 12.1 Å². The highest BCUT2D eigenvalue weighted by atomic mass is 32.1. The van der Waals surface area contributed by atoms with E-state index in [2.05, 4.69) is 15.4 Å². The molecule has 2 heterocycles. The number of nitrogens with one attached hydrogen (secondary N) is 1. The zero-order chi connectivity index (χ0) is 21.7. The molecule has 0 saturated heterocycles. The number of aromatic nitrogens is 3. The van der Waals surface area contributed by atoms with E-state index in [9.17, 15) is 9.59 Å². The normalized spacial score (nSPS) is 11.6. The zero-order valence-electron chi connectivity index (χ0n) is 17.0. The number of hydrogen-bond donors (Lipinski definition) is 1. The summed E-state index contributed by atoms with van der Waals surface area (Å²) in [4.78, 5) is 29.6. The topological polar surface area (TPSA) is 105 Å². The highest BCUT2D eigenvalue weighted by Crippen LogP contribution is 2.32. The number of carbonyl (C=O) groups is 2. The standard InChI is InChI=1S/C20H22N4O5S/c1-24-11-12(9-22-24)20-21-10-17(30-20)19(26)23-15(8-18(25)29-4)14-6-5-13(27-2)7-16(14)28-3/h5-7,9-11,15H,8H2,1-4H3,(H,23,26). The third kappa shape index (κ3) is 4.77. The number of esters is 1. The summed E-state index contributed by atoms with van der Waals surface area (Å²) >= 11 is 1.24. The van der Waals surface area contributed by atoms with Crippen LogP contribution in [0.25, 0.3) is 10.6 Å². The maximum atomic E-state index is 12.9. The Balaban J connectivity index is 1.86. The number of nitrogens with zero attached hydrogens (tertiary/aromatic N) is 3. The zero-order valence-corrected chi connectivity index (χ0v) is 17.9. The third-order valence-electron chi connectivity index (χ3n) is 4.40. The number of aryl methyl sites for hydroxylation is 1. The maximum Gasteiger partial charge on any atom is 0.307 e. The van der Waals surface area contributed by atoms with Crippen LogP contribution in [0.4, 0.5) is 0 Å². The fourth-order valence-electron chi connectivity index (χ4n) is 2.87. The smallest absolute Gasteiger partial charge is 0.307 e. The lowest BCUT2D eigenvalue weighted by molar-refractivity contribution is -0.141. The number of hydrogen-bond acceptors (Lipinski definition) is 8. The Hall–Kier alpha value is -3.40. The molecule has 0 bridgehead atoms. The maximum absolute atomic E-state index is 12.9.